The fraction of sp³-hybridized carbons (Fsp3) is 0.556. The first-order chi connectivity index (χ1) is 11.8. The van der Waals surface area contributed by atoms with Crippen molar-refractivity contribution in [3.63, 3.8) is 0 Å². The molecule has 1 atom stereocenters. The summed E-state index contributed by atoms with van der Waals surface area (Å²) in [5, 5.41) is 29.0. The third-order valence-electron chi connectivity index (χ3n) is 4.72. The normalized spacial score (nSPS) is 20.8. The fourth-order valence-electron chi connectivity index (χ4n) is 3.35. The van der Waals surface area contributed by atoms with Crippen LogP contribution in [0.1, 0.15) is 55.2 Å². The number of β-amino-alcohol motifs (C(OH)–C–C–N with tert-alkyl or cyclic N) is 1. The van der Waals surface area contributed by atoms with Crippen molar-refractivity contribution in [3.05, 3.63) is 34.8 Å². The van der Waals surface area contributed by atoms with Crippen LogP contribution < -0.4 is 4.90 Å². The van der Waals surface area contributed by atoms with E-state index in [2.05, 4.69) is 21.4 Å². The Balaban J connectivity index is 1.95. The molecule has 3 heterocycles. The molecule has 0 bridgehead atoms. The van der Waals surface area contributed by atoms with Crippen LogP contribution in [0.3, 0.4) is 0 Å². The number of aryl methyl sites for hydroxylation is 2. The first-order valence-electron chi connectivity index (χ1n) is 8.62. The first kappa shape index (κ1) is 17.4. The summed E-state index contributed by atoms with van der Waals surface area (Å²) in [5.74, 6) is 0.648. The second kappa shape index (κ2) is 6.45. The van der Waals surface area contributed by atoms with Gasteiger partial charge in [-0.05, 0) is 52.2 Å². The number of nitrogens with zero attached hydrogens (tertiary/aromatic N) is 6. The molecule has 25 heavy (non-hydrogen) atoms. The van der Waals surface area contributed by atoms with Crippen molar-refractivity contribution in [1.82, 2.24) is 20.0 Å². The molecule has 7 heteroatoms. The maximum Gasteiger partial charge on any atom is 0.147 e. The van der Waals surface area contributed by atoms with Crippen LogP contribution in [0, 0.1) is 25.2 Å². The van der Waals surface area contributed by atoms with Gasteiger partial charge in [0.1, 0.15) is 23.2 Å². The van der Waals surface area contributed by atoms with Gasteiger partial charge in [-0.1, -0.05) is 5.21 Å². The van der Waals surface area contributed by atoms with Crippen LogP contribution in [0.5, 0.6) is 0 Å². The summed E-state index contributed by atoms with van der Waals surface area (Å²) in [5.41, 5.74) is 1.84. The first-order valence-corrected chi connectivity index (χ1v) is 8.62. The van der Waals surface area contributed by atoms with Gasteiger partial charge in [0.05, 0.1) is 18.3 Å². The molecule has 3 rings (SSSR count). The van der Waals surface area contributed by atoms with Crippen LogP contribution in [0.15, 0.2) is 12.3 Å². The third-order valence-corrected chi connectivity index (χ3v) is 4.72. The summed E-state index contributed by atoms with van der Waals surface area (Å²) >= 11 is 0. The summed E-state index contributed by atoms with van der Waals surface area (Å²) in [6.07, 6.45) is 3.23. The zero-order valence-corrected chi connectivity index (χ0v) is 15.2. The SMILES string of the molecule is Cc1cc(C)c(C#N)c(N2CCC[C@](O)(c3cn(C(C)C)nn3)C2)n1. The number of aromatic nitrogens is 4. The average Bonchev–Trinajstić information content (AvgIpc) is 3.05. The Bertz CT molecular complexity index is 821. The van der Waals surface area contributed by atoms with E-state index in [1.807, 2.05) is 44.9 Å². The lowest BCUT2D eigenvalue weighted by atomic mass is 9.89. The van der Waals surface area contributed by atoms with Crippen molar-refractivity contribution in [1.29, 1.82) is 5.26 Å². The standard InChI is InChI=1S/C18H24N6O/c1-12(2)24-10-16(21-22-24)18(25)6-5-7-23(11-18)17-15(9-19)13(3)8-14(4)20-17/h8,10,12,25H,5-7,11H2,1-4H3/t18-/m1/s1. The summed E-state index contributed by atoms with van der Waals surface area (Å²) in [6.45, 7) is 8.99. The molecular formula is C18H24N6O. The second-order valence-electron chi connectivity index (χ2n) is 7.13. The maximum absolute atomic E-state index is 11.2. The quantitative estimate of drug-likeness (QED) is 0.921. The van der Waals surface area contributed by atoms with E-state index in [4.69, 9.17) is 0 Å². The molecule has 0 saturated carbocycles. The molecule has 1 N–H and O–H groups in total. The molecule has 0 spiro atoms. The van der Waals surface area contributed by atoms with Gasteiger partial charge < -0.3 is 10.0 Å². The summed E-state index contributed by atoms with van der Waals surface area (Å²) < 4.78 is 1.75. The maximum atomic E-state index is 11.2. The van der Waals surface area contributed by atoms with Crippen molar-refractivity contribution < 1.29 is 5.11 Å². The van der Waals surface area contributed by atoms with E-state index in [1.165, 1.54) is 0 Å². The van der Waals surface area contributed by atoms with Crippen LogP contribution >= 0.6 is 0 Å². The van der Waals surface area contributed by atoms with Gasteiger partial charge in [-0.3, -0.25) is 0 Å². The highest BCUT2D eigenvalue weighted by molar-refractivity contribution is 5.58. The highest BCUT2D eigenvalue weighted by Crippen LogP contribution is 2.34. The van der Waals surface area contributed by atoms with Gasteiger partial charge in [-0.25, -0.2) is 9.67 Å². The molecule has 1 aliphatic heterocycles. The molecule has 1 fully saturated rings. The second-order valence-corrected chi connectivity index (χ2v) is 7.13. The van der Waals surface area contributed by atoms with Crippen molar-refractivity contribution in [2.75, 3.05) is 18.0 Å². The van der Waals surface area contributed by atoms with E-state index in [9.17, 15) is 10.4 Å². The number of nitriles is 1. The minimum absolute atomic E-state index is 0.191. The number of pyridine rings is 1. The molecule has 0 aromatic carbocycles. The largest absolute Gasteiger partial charge is 0.382 e. The molecule has 1 saturated heterocycles. The Morgan fingerprint density at radius 2 is 2.12 bits per heavy atom. The molecule has 2 aromatic rings. The van der Waals surface area contributed by atoms with Crippen LogP contribution in [-0.2, 0) is 5.60 Å². The lowest BCUT2D eigenvalue weighted by molar-refractivity contribution is 0.0174. The Hall–Kier alpha value is -2.46. The summed E-state index contributed by atoms with van der Waals surface area (Å²) in [4.78, 5) is 6.57. The van der Waals surface area contributed by atoms with Crippen molar-refractivity contribution in [3.8, 4) is 6.07 Å². The smallest absolute Gasteiger partial charge is 0.147 e. The highest BCUT2D eigenvalue weighted by Gasteiger charge is 2.39. The number of aliphatic hydroxyl groups is 1. The predicted octanol–water partition coefficient (Wildman–Crippen LogP) is 2.23. The van der Waals surface area contributed by atoms with Crippen LogP contribution in [0.2, 0.25) is 0 Å². The van der Waals surface area contributed by atoms with Gasteiger partial charge in [-0.2, -0.15) is 5.26 Å². The Kier molecular flexibility index (Phi) is 4.48. The lowest BCUT2D eigenvalue weighted by Gasteiger charge is -2.39. The molecule has 0 aliphatic carbocycles. The van der Waals surface area contributed by atoms with E-state index < -0.39 is 5.60 Å². The van der Waals surface area contributed by atoms with Gasteiger partial charge in [0.15, 0.2) is 0 Å². The molecule has 132 valence electrons. The lowest BCUT2D eigenvalue weighted by Crippen LogP contribution is -2.47. The van der Waals surface area contributed by atoms with Crippen LogP contribution in [0.4, 0.5) is 5.82 Å². The fourth-order valence-corrected chi connectivity index (χ4v) is 3.35. The number of hydrogen-bond acceptors (Lipinski definition) is 6. The topological polar surface area (TPSA) is 90.9 Å². The highest BCUT2D eigenvalue weighted by atomic mass is 16.3. The number of anilines is 1. The van der Waals surface area contributed by atoms with Crippen LogP contribution in [0.25, 0.3) is 0 Å². The van der Waals surface area contributed by atoms with Gasteiger partial charge in [0.25, 0.3) is 0 Å². The number of piperidine rings is 1. The monoisotopic (exact) mass is 340 g/mol. The molecule has 0 amide bonds. The Morgan fingerprint density at radius 1 is 1.36 bits per heavy atom. The number of hydrogen-bond donors (Lipinski definition) is 1. The number of rotatable bonds is 3. The van der Waals surface area contributed by atoms with Gasteiger partial charge in [-0.15, -0.1) is 5.10 Å². The Morgan fingerprint density at radius 3 is 2.76 bits per heavy atom. The van der Waals surface area contributed by atoms with E-state index in [1.54, 1.807) is 4.68 Å². The average molecular weight is 340 g/mol. The minimum atomic E-state index is -1.09. The van der Waals surface area contributed by atoms with Gasteiger partial charge >= 0.3 is 0 Å². The Labute approximate surface area is 147 Å². The molecule has 0 unspecified atom stereocenters. The van der Waals surface area contributed by atoms with E-state index in [0.717, 1.165) is 24.2 Å². The van der Waals surface area contributed by atoms with E-state index >= 15 is 0 Å². The van der Waals surface area contributed by atoms with Gasteiger partial charge in [0, 0.05) is 18.3 Å². The van der Waals surface area contributed by atoms with Gasteiger partial charge in [0.2, 0.25) is 0 Å². The summed E-state index contributed by atoms with van der Waals surface area (Å²) in [7, 11) is 0. The van der Waals surface area contributed by atoms with Crippen molar-refractivity contribution >= 4 is 5.82 Å². The summed E-state index contributed by atoms with van der Waals surface area (Å²) in [6, 6.07) is 4.36. The minimum Gasteiger partial charge on any atom is -0.382 e. The van der Waals surface area contributed by atoms with E-state index in [-0.39, 0.29) is 6.04 Å². The van der Waals surface area contributed by atoms with Crippen molar-refractivity contribution in [2.24, 2.45) is 0 Å². The molecule has 7 nitrogen and oxygen atoms in total. The van der Waals surface area contributed by atoms with E-state index in [0.29, 0.717) is 30.0 Å². The zero-order chi connectivity index (χ0) is 18.2. The third kappa shape index (κ3) is 3.22. The zero-order valence-electron chi connectivity index (χ0n) is 15.2. The molecule has 1 aliphatic rings. The van der Waals surface area contributed by atoms with Crippen LogP contribution in [-0.4, -0.2) is 38.2 Å². The predicted molar refractivity (Wildman–Crippen MR) is 94.2 cm³/mol. The molecule has 2 aromatic heterocycles. The molecule has 0 radical (unpaired) electrons. The molecular weight excluding hydrogens is 316 g/mol. The van der Waals surface area contributed by atoms with Crippen molar-refractivity contribution in [2.45, 2.75) is 52.2 Å².